The molecule has 0 unspecified atom stereocenters. The molecule has 0 radical (unpaired) electrons. The zero-order chi connectivity index (χ0) is 15.6. The smallest absolute Gasteiger partial charge is 0.207 e. The summed E-state index contributed by atoms with van der Waals surface area (Å²) in [5.41, 5.74) is 0.679. The molecular weight excluding hydrogens is 336 g/mol. The van der Waals surface area contributed by atoms with Gasteiger partial charge in [0.05, 0.1) is 9.92 Å². The number of hydrogen-bond donors (Lipinski definition) is 0. The summed E-state index contributed by atoms with van der Waals surface area (Å²) < 4.78 is 39.1. The van der Waals surface area contributed by atoms with Crippen molar-refractivity contribution in [1.29, 1.82) is 0 Å². The van der Waals surface area contributed by atoms with Gasteiger partial charge < -0.3 is 0 Å². The van der Waals surface area contributed by atoms with E-state index in [0.717, 1.165) is 16.4 Å². The van der Waals surface area contributed by atoms with Crippen molar-refractivity contribution in [3.8, 4) is 0 Å². The lowest BCUT2D eigenvalue weighted by Crippen LogP contribution is -2.26. The third kappa shape index (κ3) is 3.55. The zero-order valence-corrected chi connectivity index (χ0v) is 13.4. The molecule has 0 amide bonds. The first kappa shape index (κ1) is 16.2. The van der Waals surface area contributed by atoms with E-state index in [-0.39, 0.29) is 16.5 Å². The average molecular weight is 348 g/mol. The molecule has 0 fully saturated rings. The van der Waals surface area contributed by atoms with Crippen molar-refractivity contribution < 1.29 is 12.8 Å². The molecule has 3 nitrogen and oxygen atoms in total. The van der Waals surface area contributed by atoms with Crippen LogP contribution in [0.2, 0.25) is 10.0 Å². The van der Waals surface area contributed by atoms with Crippen molar-refractivity contribution in [3.63, 3.8) is 0 Å². The van der Waals surface area contributed by atoms with E-state index in [2.05, 4.69) is 0 Å². The highest BCUT2D eigenvalue weighted by Gasteiger charge is 2.22. The molecule has 21 heavy (non-hydrogen) atoms. The van der Waals surface area contributed by atoms with Gasteiger partial charge in [0.1, 0.15) is 5.82 Å². The molecule has 0 aromatic heterocycles. The summed E-state index contributed by atoms with van der Waals surface area (Å²) in [5.74, 6) is -0.663. The second kappa shape index (κ2) is 6.32. The maximum Gasteiger partial charge on any atom is 0.243 e. The Morgan fingerprint density at radius 3 is 2.38 bits per heavy atom. The Hall–Kier alpha value is -1.14. The van der Waals surface area contributed by atoms with E-state index in [1.165, 1.54) is 13.1 Å². The van der Waals surface area contributed by atoms with Gasteiger partial charge in [-0.1, -0.05) is 41.4 Å². The van der Waals surface area contributed by atoms with Crippen molar-refractivity contribution in [2.24, 2.45) is 0 Å². The molecule has 0 saturated carbocycles. The van der Waals surface area contributed by atoms with Crippen LogP contribution in [0.15, 0.2) is 47.4 Å². The fraction of sp³-hybridized carbons (Fsp3) is 0.143. The van der Waals surface area contributed by atoms with Gasteiger partial charge in [-0.3, -0.25) is 0 Å². The normalized spacial score (nSPS) is 11.9. The van der Waals surface area contributed by atoms with Crippen LogP contribution in [0.1, 0.15) is 5.56 Å². The monoisotopic (exact) mass is 347 g/mol. The lowest BCUT2D eigenvalue weighted by atomic mass is 10.2. The Bertz CT molecular complexity index is 765. The van der Waals surface area contributed by atoms with Gasteiger partial charge in [0, 0.05) is 18.6 Å². The predicted octanol–water partition coefficient (Wildman–Crippen LogP) is 3.95. The summed E-state index contributed by atoms with van der Waals surface area (Å²) in [4.78, 5) is -0.0662. The Morgan fingerprint density at radius 2 is 1.76 bits per heavy atom. The maximum absolute atomic E-state index is 13.1. The minimum Gasteiger partial charge on any atom is -0.207 e. The molecule has 2 rings (SSSR count). The van der Waals surface area contributed by atoms with Crippen LogP contribution in [-0.4, -0.2) is 19.8 Å². The second-order valence-electron chi connectivity index (χ2n) is 4.43. The van der Waals surface area contributed by atoms with Crippen LogP contribution < -0.4 is 0 Å². The Kier molecular flexibility index (Phi) is 4.88. The standard InChI is InChI=1S/C14H12Cl2FNO2S/c1-18(9-10-4-2-3-5-12(10)15)21(19,20)11-6-7-14(17)13(16)8-11/h2-8H,9H2,1H3. The SMILES string of the molecule is CN(Cc1ccccc1Cl)S(=O)(=O)c1ccc(F)c(Cl)c1. The van der Waals surface area contributed by atoms with E-state index < -0.39 is 15.8 Å². The molecular formula is C14H12Cl2FNO2S. The number of benzene rings is 2. The Morgan fingerprint density at radius 1 is 1.10 bits per heavy atom. The van der Waals surface area contributed by atoms with E-state index in [1.807, 2.05) is 0 Å². The van der Waals surface area contributed by atoms with Gasteiger partial charge in [-0.25, -0.2) is 12.8 Å². The molecule has 7 heteroatoms. The molecule has 0 heterocycles. The number of hydrogen-bond acceptors (Lipinski definition) is 2. The molecule has 0 aliphatic rings. The lowest BCUT2D eigenvalue weighted by molar-refractivity contribution is 0.466. The lowest BCUT2D eigenvalue weighted by Gasteiger charge is -2.18. The molecule has 0 atom stereocenters. The van der Waals surface area contributed by atoms with E-state index in [1.54, 1.807) is 24.3 Å². The fourth-order valence-corrected chi connectivity index (χ4v) is 3.39. The number of rotatable bonds is 4. The zero-order valence-electron chi connectivity index (χ0n) is 11.1. The van der Waals surface area contributed by atoms with Crippen molar-refractivity contribution in [3.05, 3.63) is 63.9 Å². The van der Waals surface area contributed by atoms with Crippen molar-refractivity contribution in [2.75, 3.05) is 7.05 Å². The van der Waals surface area contributed by atoms with Crippen LogP contribution in [0.4, 0.5) is 4.39 Å². The predicted molar refractivity (Wildman–Crippen MR) is 81.5 cm³/mol. The first-order chi connectivity index (χ1) is 9.82. The van der Waals surface area contributed by atoms with E-state index in [0.29, 0.717) is 10.6 Å². The maximum atomic E-state index is 13.1. The summed E-state index contributed by atoms with van der Waals surface area (Å²) >= 11 is 11.6. The van der Waals surface area contributed by atoms with Gasteiger partial charge in [-0.15, -0.1) is 0 Å². The largest absolute Gasteiger partial charge is 0.243 e. The number of sulfonamides is 1. The molecule has 0 N–H and O–H groups in total. The van der Waals surface area contributed by atoms with Gasteiger partial charge in [-0.05, 0) is 29.8 Å². The number of halogens is 3. The minimum absolute atomic E-state index is 0.0662. The van der Waals surface area contributed by atoms with Crippen LogP contribution in [0.25, 0.3) is 0 Å². The highest BCUT2D eigenvalue weighted by Crippen LogP contribution is 2.24. The van der Waals surface area contributed by atoms with Crippen LogP contribution in [0.3, 0.4) is 0 Å². The van der Waals surface area contributed by atoms with Gasteiger partial charge in [0.2, 0.25) is 10.0 Å². The molecule has 0 spiro atoms. The quantitative estimate of drug-likeness (QED) is 0.839. The summed E-state index contributed by atoms with van der Waals surface area (Å²) in [6.45, 7) is 0.108. The highest BCUT2D eigenvalue weighted by atomic mass is 35.5. The van der Waals surface area contributed by atoms with Crippen molar-refractivity contribution in [2.45, 2.75) is 11.4 Å². The van der Waals surface area contributed by atoms with Crippen molar-refractivity contribution in [1.82, 2.24) is 4.31 Å². The number of nitrogens with zero attached hydrogens (tertiary/aromatic N) is 1. The van der Waals surface area contributed by atoms with Gasteiger partial charge >= 0.3 is 0 Å². The van der Waals surface area contributed by atoms with Gasteiger partial charge in [0.15, 0.2) is 0 Å². The first-order valence-corrected chi connectivity index (χ1v) is 8.17. The van der Waals surface area contributed by atoms with E-state index >= 15 is 0 Å². The topological polar surface area (TPSA) is 37.4 Å². The third-order valence-corrected chi connectivity index (χ3v) is 5.41. The average Bonchev–Trinajstić information content (AvgIpc) is 2.44. The molecule has 0 saturated heterocycles. The molecule has 2 aromatic rings. The molecule has 0 bridgehead atoms. The molecule has 0 aliphatic carbocycles. The Labute approximate surface area is 133 Å². The summed E-state index contributed by atoms with van der Waals surface area (Å²) in [6, 6.07) is 10.3. The third-order valence-electron chi connectivity index (χ3n) is 2.95. The molecule has 112 valence electrons. The van der Waals surface area contributed by atoms with Crippen LogP contribution in [0, 0.1) is 5.82 Å². The summed E-state index contributed by atoms with van der Waals surface area (Å²) in [6.07, 6.45) is 0. The fourth-order valence-electron chi connectivity index (χ4n) is 1.77. The summed E-state index contributed by atoms with van der Waals surface area (Å²) in [5, 5.41) is 0.249. The van der Waals surface area contributed by atoms with E-state index in [4.69, 9.17) is 23.2 Å². The second-order valence-corrected chi connectivity index (χ2v) is 7.29. The molecule has 2 aromatic carbocycles. The van der Waals surface area contributed by atoms with Crippen molar-refractivity contribution >= 4 is 33.2 Å². The van der Waals surface area contributed by atoms with Crippen LogP contribution in [-0.2, 0) is 16.6 Å². The van der Waals surface area contributed by atoms with Gasteiger partial charge in [-0.2, -0.15) is 4.31 Å². The van der Waals surface area contributed by atoms with Gasteiger partial charge in [0.25, 0.3) is 0 Å². The minimum atomic E-state index is -3.77. The highest BCUT2D eigenvalue weighted by molar-refractivity contribution is 7.89. The van der Waals surface area contributed by atoms with E-state index in [9.17, 15) is 12.8 Å². The first-order valence-electron chi connectivity index (χ1n) is 5.97. The Balaban J connectivity index is 2.30. The van der Waals surface area contributed by atoms with Crippen LogP contribution in [0.5, 0.6) is 0 Å². The van der Waals surface area contributed by atoms with Crippen LogP contribution >= 0.6 is 23.2 Å². The molecule has 0 aliphatic heterocycles. The summed E-state index contributed by atoms with van der Waals surface area (Å²) in [7, 11) is -2.34.